The monoisotopic (exact) mass is 265 g/mol. The third kappa shape index (κ3) is 4.58. The summed E-state index contributed by atoms with van der Waals surface area (Å²) in [6, 6.07) is 8.44. The van der Waals surface area contributed by atoms with Crippen molar-refractivity contribution >= 4 is 0 Å². The summed E-state index contributed by atoms with van der Waals surface area (Å²) in [7, 11) is 1.71. The van der Waals surface area contributed by atoms with Crippen LogP contribution in [0.15, 0.2) is 24.3 Å². The Morgan fingerprint density at radius 2 is 1.95 bits per heavy atom. The summed E-state index contributed by atoms with van der Waals surface area (Å²) in [6.45, 7) is 6.86. The summed E-state index contributed by atoms with van der Waals surface area (Å²) in [5.41, 5.74) is 2.46. The van der Waals surface area contributed by atoms with Crippen molar-refractivity contribution in [1.82, 2.24) is 5.32 Å². The molecule has 1 saturated heterocycles. The highest BCUT2D eigenvalue weighted by molar-refractivity contribution is 5.21. The number of hydrogen-bond acceptors (Lipinski definition) is 4. The van der Waals surface area contributed by atoms with Gasteiger partial charge in [0.25, 0.3) is 0 Å². The first kappa shape index (κ1) is 14.5. The van der Waals surface area contributed by atoms with Gasteiger partial charge in [-0.1, -0.05) is 24.3 Å². The number of ether oxygens (including phenoxy) is 3. The van der Waals surface area contributed by atoms with Gasteiger partial charge in [0, 0.05) is 20.2 Å². The Bertz CT molecular complexity index is 389. The van der Waals surface area contributed by atoms with Gasteiger partial charge in [-0.2, -0.15) is 0 Å². The normalized spacial score (nSPS) is 21.7. The first-order chi connectivity index (χ1) is 9.09. The molecule has 1 unspecified atom stereocenters. The average Bonchev–Trinajstić information content (AvgIpc) is 2.72. The van der Waals surface area contributed by atoms with Crippen molar-refractivity contribution in [1.29, 1.82) is 0 Å². The molecule has 0 saturated carbocycles. The van der Waals surface area contributed by atoms with Gasteiger partial charge in [0.05, 0.1) is 19.3 Å². The van der Waals surface area contributed by atoms with Crippen LogP contribution in [0, 0.1) is 0 Å². The molecule has 1 N–H and O–H groups in total. The lowest BCUT2D eigenvalue weighted by molar-refractivity contribution is -0.137. The van der Waals surface area contributed by atoms with Gasteiger partial charge in [-0.3, -0.25) is 0 Å². The van der Waals surface area contributed by atoms with Crippen molar-refractivity contribution in [2.24, 2.45) is 0 Å². The summed E-state index contributed by atoms with van der Waals surface area (Å²) in [5.74, 6) is -0.436. The quantitative estimate of drug-likeness (QED) is 0.855. The van der Waals surface area contributed by atoms with E-state index in [1.54, 1.807) is 7.11 Å². The maximum atomic E-state index is 5.74. The number of nitrogens with one attached hydrogen (secondary N) is 1. The van der Waals surface area contributed by atoms with Gasteiger partial charge in [0.2, 0.25) is 0 Å². The third-order valence-electron chi connectivity index (χ3n) is 3.10. The molecular weight excluding hydrogens is 242 g/mol. The van der Waals surface area contributed by atoms with Gasteiger partial charge >= 0.3 is 0 Å². The van der Waals surface area contributed by atoms with Gasteiger partial charge in [-0.05, 0) is 25.0 Å². The van der Waals surface area contributed by atoms with E-state index in [1.165, 1.54) is 11.1 Å². The molecule has 1 fully saturated rings. The van der Waals surface area contributed by atoms with Crippen LogP contribution in [-0.2, 0) is 27.4 Å². The minimum absolute atomic E-state index is 0.141. The van der Waals surface area contributed by atoms with Gasteiger partial charge in [0.1, 0.15) is 0 Å². The summed E-state index contributed by atoms with van der Waals surface area (Å²) < 4.78 is 16.3. The minimum Gasteiger partial charge on any atom is -0.380 e. The molecule has 0 amide bonds. The van der Waals surface area contributed by atoms with Crippen molar-refractivity contribution in [2.75, 3.05) is 20.3 Å². The highest BCUT2D eigenvalue weighted by atomic mass is 16.7. The second-order valence-electron chi connectivity index (χ2n) is 5.33. The van der Waals surface area contributed by atoms with E-state index in [0.29, 0.717) is 13.2 Å². The van der Waals surface area contributed by atoms with Crippen LogP contribution in [-0.4, -0.2) is 32.2 Å². The van der Waals surface area contributed by atoms with Gasteiger partial charge in [-0.25, -0.2) is 0 Å². The minimum atomic E-state index is -0.436. The predicted molar refractivity (Wildman–Crippen MR) is 73.8 cm³/mol. The van der Waals surface area contributed by atoms with Crippen LogP contribution in [0.4, 0.5) is 0 Å². The zero-order valence-electron chi connectivity index (χ0n) is 11.9. The molecule has 1 atom stereocenters. The summed E-state index contributed by atoms with van der Waals surface area (Å²) in [4.78, 5) is 0. The smallest absolute Gasteiger partial charge is 0.163 e. The Balaban J connectivity index is 1.71. The van der Waals surface area contributed by atoms with E-state index in [-0.39, 0.29) is 6.10 Å². The molecule has 2 rings (SSSR count). The van der Waals surface area contributed by atoms with E-state index in [4.69, 9.17) is 14.2 Å². The molecule has 19 heavy (non-hydrogen) atoms. The fourth-order valence-corrected chi connectivity index (χ4v) is 2.16. The Morgan fingerprint density at radius 3 is 2.53 bits per heavy atom. The molecule has 1 aromatic carbocycles. The van der Waals surface area contributed by atoms with Crippen molar-refractivity contribution in [3.63, 3.8) is 0 Å². The largest absolute Gasteiger partial charge is 0.380 e. The molecule has 1 aromatic rings. The number of hydrogen-bond donors (Lipinski definition) is 1. The Labute approximate surface area is 115 Å². The SMILES string of the molecule is COCc1ccc(CNCC2COC(C)(C)O2)cc1. The van der Waals surface area contributed by atoms with Gasteiger partial charge in [0.15, 0.2) is 5.79 Å². The Kier molecular flexibility index (Phi) is 4.93. The molecule has 1 aliphatic rings. The fraction of sp³-hybridized carbons (Fsp3) is 0.600. The van der Waals surface area contributed by atoms with Crippen molar-refractivity contribution < 1.29 is 14.2 Å². The first-order valence-electron chi connectivity index (χ1n) is 6.68. The van der Waals surface area contributed by atoms with Crippen LogP contribution in [0.5, 0.6) is 0 Å². The number of benzene rings is 1. The molecule has 0 aliphatic carbocycles. The summed E-state index contributed by atoms with van der Waals surface area (Å²) in [6.07, 6.45) is 0.141. The van der Waals surface area contributed by atoms with E-state index in [1.807, 2.05) is 13.8 Å². The van der Waals surface area contributed by atoms with E-state index >= 15 is 0 Å². The van der Waals surface area contributed by atoms with Crippen molar-refractivity contribution in [3.05, 3.63) is 35.4 Å². The second-order valence-corrected chi connectivity index (χ2v) is 5.33. The van der Waals surface area contributed by atoms with Gasteiger partial charge < -0.3 is 19.5 Å². The van der Waals surface area contributed by atoms with Crippen LogP contribution in [0.2, 0.25) is 0 Å². The Morgan fingerprint density at radius 1 is 1.26 bits per heavy atom. The molecule has 0 spiro atoms. The lowest BCUT2D eigenvalue weighted by atomic mass is 10.1. The van der Waals surface area contributed by atoms with Crippen LogP contribution in [0.3, 0.4) is 0 Å². The van der Waals surface area contributed by atoms with E-state index in [2.05, 4.69) is 29.6 Å². The molecule has 0 aromatic heterocycles. The average molecular weight is 265 g/mol. The standard InChI is InChI=1S/C15H23NO3/c1-15(2)18-11-14(19-15)9-16-8-12-4-6-13(7-5-12)10-17-3/h4-7,14,16H,8-11H2,1-3H3. The first-order valence-corrected chi connectivity index (χ1v) is 6.68. The van der Waals surface area contributed by atoms with Crippen molar-refractivity contribution in [2.45, 2.75) is 38.9 Å². The van der Waals surface area contributed by atoms with Crippen LogP contribution >= 0.6 is 0 Å². The molecule has 106 valence electrons. The highest BCUT2D eigenvalue weighted by Gasteiger charge is 2.32. The lowest BCUT2D eigenvalue weighted by Crippen LogP contribution is -2.30. The lowest BCUT2D eigenvalue weighted by Gasteiger charge is -2.17. The predicted octanol–water partition coefficient (Wildman–Crippen LogP) is 2.07. The zero-order chi connectivity index (χ0) is 13.7. The second kappa shape index (κ2) is 6.48. The maximum Gasteiger partial charge on any atom is 0.163 e. The van der Waals surface area contributed by atoms with E-state index in [0.717, 1.165) is 13.1 Å². The molecule has 4 nitrogen and oxygen atoms in total. The molecule has 0 radical (unpaired) electrons. The fourth-order valence-electron chi connectivity index (χ4n) is 2.16. The Hall–Kier alpha value is -0.940. The van der Waals surface area contributed by atoms with Crippen LogP contribution in [0.1, 0.15) is 25.0 Å². The molecule has 4 heteroatoms. The van der Waals surface area contributed by atoms with Crippen LogP contribution < -0.4 is 5.32 Å². The molecule has 1 aliphatic heterocycles. The molecule has 1 heterocycles. The van der Waals surface area contributed by atoms with Gasteiger partial charge in [-0.15, -0.1) is 0 Å². The summed E-state index contributed by atoms with van der Waals surface area (Å²) in [5, 5.41) is 3.40. The third-order valence-corrected chi connectivity index (χ3v) is 3.10. The topological polar surface area (TPSA) is 39.7 Å². The maximum absolute atomic E-state index is 5.74. The summed E-state index contributed by atoms with van der Waals surface area (Å²) >= 11 is 0. The van der Waals surface area contributed by atoms with E-state index < -0.39 is 5.79 Å². The number of methoxy groups -OCH3 is 1. The molecular formula is C15H23NO3. The van der Waals surface area contributed by atoms with Crippen molar-refractivity contribution in [3.8, 4) is 0 Å². The molecule has 0 bridgehead atoms. The number of rotatable bonds is 6. The van der Waals surface area contributed by atoms with Crippen LogP contribution in [0.25, 0.3) is 0 Å². The highest BCUT2D eigenvalue weighted by Crippen LogP contribution is 2.21. The zero-order valence-corrected chi connectivity index (χ0v) is 11.9. The van der Waals surface area contributed by atoms with E-state index in [9.17, 15) is 0 Å².